The lowest BCUT2D eigenvalue weighted by atomic mass is 10.1. The van der Waals surface area contributed by atoms with Crippen molar-refractivity contribution in [3.8, 4) is 0 Å². The van der Waals surface area contributed by atoms with E-state index in [1.165, 1.54) is 0 Å². The van der Waals surface area contributed by atoms with Gasteiger partial charge < -0.3 is 10.9 Å². The summed E-state index contributed by atoms with van der Waals surface area (Å²) in [5.74, 6) is -0.424. The highest BCUT2D eigenvalue weighted by Crippen LogP contribution is 2.08. The van der Waals surface area contributed by atoms with Gasteiger partial charge in [0.25, 0.3) is 0 Å². The normalized spacial score (nSPS) is 23.6. The summed E-state index contributed by atoms with van der Waals surface area (Å²) in [5.41, 5.74) is 5.91. The van der Waals surface area contributed by atoms with Gasteiger partial charge in [-0.05, 0) is 0 Å². The highest BCUT2D eigenvalue weighted by molar-refractivity contribution is 5.87. The summed E-state index contributed by atoms with van der Waals surface area (Å²) >= 11 is 0. The molecule has 1 amide bonds. The molecule has 1 unspecified atom stereocenters. The Morgan fingerprint density at radius 2 is 2.54 bits per heavy atom. The molecule has 0 radical (unpaired) electrons. The highest BCUT2D eigenvalue weighted by Gasteiger charge is 2.21. The first-order valence-corrected chi connectivity index (χ1v) is 4.35. The van der Waals surface area contributed by atoms with Gasteiger partial charge in [0, 0.05) is 32.0 Å². The van der Waals surface area contributed by atoms with Crippen molar-refractivity contribution in [1.29, 1.82) is 0 Å². The van der Waals surface area contributed by atoms with Gasteiger partial charge in [0.2, 0.25) is 5.91 Å². The van der Waals surface area contributed by atoms with Gasteiger partial charge in [0.05, 0.1) is 5.71 Å². The van der Waals surface area contributed by atoms with Crippen LogP contribution in [-0.2, 0) is 4.79 Å². The van der Waals surface area contributed by atoms with E-state index in [9.17, 15) is 4.79 Å². The molecule has 1 fully saturated rings. The van der Waals surface area contributed by atoms with E-state index >= 15 is 0 Å². The van der Waals surface area contributed by atoms with Crippen molar-refractivity contribution >= 4 is 11.6 Å². The standard InChI is InChI=1S/C8H15N3O2/c1-6(8(9)12)4-11-3-2-7(5-11)10-13/h6,13H,2-5H2,1H3,(H2,9,12)/b10-7-. The first kappa shape index (κ1) is 9.98. The fourth-order valence-electron chi connectivity index (χ4n) is 1.42. The number of hydrogen-bond donors (Lipinski definition) is 2. The maximum atomic E-state index is 10.8. The van der Waals surface area contributed by atoms with Crippen LogP contribution in [0, 0.1) is 5.92 Å². The number of nitrogens with zero attached hydrogens (tertiary/aromatic N) is 2. The van der Waals surface area contributed by atoms with E-state index in [1.54, 1.807) is 6.92 Å². The van der Waals surface area contributed by atoms with Crippen molar-refractivity contribution in [3.63, 3.8) is 0 Å². The molecule has 0 aliphatic carbocycles. The molecule has 0 aromatic carbocycles. The van der Waals surface area contributed by atoms with E-state index < -0.39 is 0 Å². The van der Waals surface area contributed by atoms with Crippen LogP contribution in [0.15, 0.2) is 5.16 Å². The summed E-state index contributed by atoms with van der Waals surface area (Å²) in [4.78, 5) is 12.8. The zero-order valence-electron chi connectivity index (χ0n) is 7.73. The summed E-state index contributed by atoms with van der Waals surface area (Å²) in [6, 6.07) is 0. The molecule has 0 aromatic heterocycles. The first-order valence-electron chi connectivity index (χ1n) is 4.35. The maximum Gasteiger partial charge on any atom is 0.221 e. The lowest BCUT2D eigenvalue weighted by Gasteiger charge is -2.16. The molecule has 1 aliphatic heterocycles. The molecule has 0 spiro atoms. The molecule has 1 heterocycles. The summed E-state index contributed by atoms with van der Waals surface area (Å²) < 4.78 is 0. The second-order valence-electron chi connectivity index (χ2n) is 3.45. The first-order chi connectivity index (χ1) is 6.13. The van der Waals surface area contributed by atoms with Gasteiger partial charge in [-0.25, -0.2) is 0 Å². The van der Waals surface area contributed by atoms with Crippen LogP contribution in [0.1, 0.15) is 13.3 Å². The molecule has 0 saturated carbocycles. The Labute approximate surface area is 77.2 Å². The van der Waals surface area contributed by atoms with Gasteiger partial charge in [0.15, 0.2) is 0 Å². The number of amides is 1. The van der Waals surface area contributed by atoms with Crippen LogP contribution in [0.2, 0.25) is 0 Å². The molecule has 13 heavy (non-hydrogen) atoms. The smallest absolute Gasteiger partial charge is 0.221 e. The number of oxime groups is 1. The molecule has 1 atom stereocenters. The van der Waals surface area contributed by atoms with Gasteiger partial charge in [-0.2, -0.15) is 0 Å². The Bertz CT molecular complexity index is 227. The Morgan fingerprint density at radius 1 is 1.85 bits per heavy atom. The van der Waals surface area contributed by atoms with Gasteiger partial charge in [-0.15, -0.1) is 0 Å². The Balaban J connectivity index is 2.36. The average molecular weight is 185 g/mol. The highest BCUT2D eigenvalue weighted by atomic mass is 16.4. The molecule has 5 nitrogen and oxygen atoms in total. The van der Waals surface area contributed by atoms with Crippen molar-refractivity contribution in [2.45, 2.75) is 13.3 Å². The summed E-state index contributed by atoms with van der Waals surface area (Å²) in [6.07, 6.45) is 0.780. The molecular weight excluding hydrogens is 170 g/mol. The predicted molar refractivity (Wildman–Crippen MR) is 48.6 cm³/mol. The van der Waals surface area contributed by atoms with Crippen molar-refractivity contribution in [2.24, 2.45) is 16.8 Å². The van der Waals surface area contributed by atoms with Crippen LogP contribution in [0.5, 0.6) is 0 Å². The second-order valence-corrected chi connectivity index (χ2v) is 3.45. The third-order valence-corrected chi connectivity index (χ3v) is 2.28. The van der Waals surface area contributed by atoms with Crippen molar-refractivity contribution in [3.05, 3.63) is 0 Å². The monoisotopic (exact) mass is 185 g/mol. The average Bonchev–Trinajstić information content (AvgIpc) is 2.52. The number of rotatable bonds is 3. The topological polar surface area (TPSA) is 78.9 Å². The van der Waals surface area contributed by atoms with Crippen molar-refractivity contribution < 1.29 is 10.0 Å². The summed E-state index contributed by atoms with van der Waals surface area (Å²) in [5, 5.41) is 11.6. The molecular formula is C8H15N3O2. The molecule has 0 bridgehead atoms. The fraction of sp³-hybridized carbons (Fsp3) is 0.750. The summed E-state index contributed by atoms with van der Waals surface area (Å²) in [7, 11) is 0. The van der Waals surface area contributed by atoms with Gasteiger partial charge >= 0.3 is 0 Å². The third-order valence-electron chi connectivity index (χ3n) is 2.28. The van der Waals surface area contributed by atoms with E-state index in [2.05, 4.69) is 10.1 Å². The van der Waals surface area contributed by atoms with Crippen LogP contribution >= 0.6 is 0 Å². The van der Waals surface area contributed by atoms with Gasteiger partial charge in [-0.3, -0.25) is 9.69 Å². The molecule has 5 heteroatoms. The van der Waals surface area contributed by atoms with Crippen molar-refractivity contribution in [1.82, 2.24) is 4.90 Å². The van der Waals surface area contributed by atoms with Crippen LogP contribution < -0.4 is 5.73 Å². The minimum absolute atomic E-state index is 0.141. The van der Waals surface area contributed by atoms with E-state index in [1.807, 2.05) is 0 Å². The van der Waals surface area contributed by atoms with Crippen LogP contribution in [0.3, 0.4) is 0 Å². The van der Waals surface area contributed by atoms with E-state index in [4.69, 9.17) is 10.9 Å². The summed E-state index contributed by atoms with van der Waals surface area (Å²) in [6.45, 7) is 3.94. The van der Waals surface area contributed by atoms with E-state index in [0.29, 0.717) is 13.1 Å². The number of hydrogen-bond acceptors (Lipinski definition) is 4. The number of primary amides is 1. The van der Waals surface area contributed by atoms with Crippen LogP contribution in [0.4, 0.5) is 0 Å². The fourth-order valence-corrected chi connectivity index (χ4v) is 1.42. The number of nitrogens with two attached hydrogens (primary N) is 1. The lowest BCUT2D eigenvalue weighted by molar-refractivity contribution is -0.121. The molecule has 3 N–H and O–H groups in total. The number of carbonyl (C=O) groups is 1. The van der Waals surface area contributed by atoms with Gasteiger partial charge in [0.1, 0.15) is 0 Å². The molecule has 1 rings (SSSR count). The quantitative estimate of drug-likeness (QED) is 0.465. The molecule has 1 aliphatic rings. The third kappa shape index (κ3) is 2.69. The Kier molecular flexibility index (Phi) is 3.25. The largest absolute Gasteiger partial charge is 0.411 e. The van der Waals surface area contributed by atoms with Crippen molar-refractivity contribution in [2.75, 3.05) is 19.6 Å². The molecule has 1 saturated heterocycles. The molecule has 74 valence electrons. The van der Waals surface area contributed by atoms with Crippen LogP contribution in [0.25, 0.3) is 0 Å². The Morgan fingerprint density at radius 3 is 3.00 bits per heavy atom. The number of carbonyl (C=O) groups excluding carboxylic acids is 1. The predicted octanol–water partition coefficient (Wildman–Crippen LogP) is -0.356. The lowest BCUT2D eigenvalue weighted by Crippen LogP contribution is -2.33. The zero-order valence-corrected chi connectivity index (χ0v) is 7.73. The van der Waals surface area contributed by atoms with Crippen LogP contribution in [-0.4, -0.2) is 41.4 Å². The minimum atomic E-state index is -0.283. The minimum Gasteiger partial charge on any atom is -0.411 e. The SMILES string of the molecule is CC(CN1CC/C(=N/O)C1)C(N)=O. The van der Waals surface area contributed by atoms with Gasteiger partial charge in [-0.1, -0.05) is 12.1 Å². The number of likely N-dealkylation sites (tertiary alicyclic amines) is 1. The zero-order chi connectivity index (χ0) is 9.84. The van der Waals surface area contributed by atoms with E-state index in [0.717, 1.165) is 18.7 Å². The van der Waals surface area contributed by atoms with E-state index in [-0.39, 0.29) is 11.8 Å². The molecule has 0 aromatic rings. The second kappa shape index (κ2) is 4.23. The maximum absolute atomic E-state index is 10.8. The Hall–Kier alpha value is -1.10.